The summed E-state index contributed by atoms with van der Waals surface area (Å²) < 4.78 is 10.7. The van der Waals surface area contributed by atoms with Crippen molar-refractivity contribution in [3.05, 3.63) is 48.5 Å². The van der Waals surface area contributed by atoms with Gasteiger partial charge in [-0.3, -0.25) is 9.59 Å². The van der Waals surface area contributed by atoms with E-state index in [-0.39, 0.29) is 17.7 Å². The molecule has 0 unspecified atom stereocenters. The molecule has 0 saturated carbocycles. The second kappa shape index (κ2) is 9.09. The van der Waals surface area contributed by atoms with Gasteiger partial charge in [-0.15, -0.1) is 0 Å². The van der Waals surface area contributed by atoms with Gasteiger partial charge in [0.1, 0.15) is 5.52 Å². The number of carbonyl (C=O) groups is 2. The number of carbonyl (C=O) groups excluding carboxylic acids is 2. The molecule has 7 nitrogen and oxygen atoms in total. The smallest absolute Gasteiger partial charge is 0.227 e. The Morgan fingerprint density at radius 2 is 1.87 bits per heavy atom. The van der Waals surface area contributed by atoms with Gasteiger partial charge in [0.15, 0.2) is 5.58 Å². The summed E-state index contributed by atoms with van der Waals surface area (Å²) >= 11 is 0. The van der Waals surface area contributed by atoms with E-state index in [1.807, 2.05) is 53.4 Å². The SMILES string of the molecule is COCCC(=O)N1CCC(C(=O)Nc2ccc(-c3nc4ccccc4o3)cc2)CC1. The Labute approximate surface area is 175 Å². The number of aromatic nitrogens is 1. The molecule has 2 heterocycles. The second-order valence-electron chi connectivity index (χ2n) is 7.45. The molecule has 3 aromatic rings. The molecule has 0 atom stereocenters. The molecule has 2 aromatic carbocycles. The maximum Gasteiger partial charge on any atom is 0.227 e. The van der Waals surface area contributed by atoms with Crippen molar-refractivity contribution in [2.24, 2.45) is 5.92 Å². The second-order valence-corrected chi connectivity index (χ2v) is 7.45. The minimum absolute atomic E-state index is 0.00592. The van der Waals surface area contributed by atoms with Gasteiger partial charge in [0.2, 0.25) is 17.7 Å². The Hall–Kier alpha value is -3.19. The van der Waals surface area contributed by atoms with E-state index in [2.05, 4.69) is 10.3 Å². The molecule has 4 rings (SSSR count). The van der Waals surface area contributed by atoms with Crippen LogP contribution in [-0.4, -0.2) is 48.5 Å². The highest BCUT2D eigenvalue weighted by molar-refractivity contribution is 5.93. The quantitative estimate of drug-likeness (QED) is 0.673. The first kappa shape index (κ1) is 20.1. The highest BCUT2D eigenvalue weighted by atomic mass is 16.5. The third-order valence-electron chi connectivity index (χ3n) is 5.43. The summed E-state index contributed by atoms with van der Waals surface area (Å²) in [6.45, 7) is 1.65. The number of anilines is 1. The lowest BCUT2D eigenvalue weighted by Gasteiger charge is -2.31. The largest absolute Gasteiger partial charge is 0.436 e. The number of ether oxygens (including phenoxy) is 1. The number of fused-ring (bicyclic) bond motifs is 1. The number of oxazole rings is 1. The van der Waals surface area contributed by atoms with E-state index in [0.29, 0.717) is 44.8 Å². The molecule has 1 aromatic heterocycles. The fraction of sp³-hybridized carbons (Fsp3) is 0.348. The highest BCUT2D eigenvalue weighted by Gasteiger charge is 2.27. The van der Waals surface area contributed by atoms with Gasteiger partial charge in [-0.2, -0.15) is 0 Å². The number of hydrogen-bond donors (Lipinski definition) is 1. The molecular formula is C23H25N3O4. The van der Waals surface area contributed by atoms with Crippen LogP contribution in [0.4, 0.5) is 5.69 Å². The van der Waals surface area contributed by atoms with E-state index >= 15 is 0 Å². The van der Waals surface area contributed by atoms with E-state index in [0.717, 1.165) is 22.4 Å². The van der Waals surface area contributed by atoms with E-state index in [4.69, 9.17) is 9.15 Å². The Bertz CT molecular complexity index is 987. The molecule has 1 saturated heterocycles. The van der Waals surface area contributed by atoms with Gasteiger partial charge in [-0.1, -0.05) is 12.1 Å². The summed E-state index contributed by atoms with van der Waals surface area (Å²) in [5.74, 6) is 0.548. The number of para-hydroxylation sites is 2. The fourth-order valence-electron chi connectivity index (χ4n) is 3.67. The summed E-state index contributed by atoms with van der Waals surface area (Å²) in [6.07, 6.45) is 1.73. The van der Waals surface area contributed by atoms with Gasteiger partial charge < -0.3 is 19.4 Å². The van der Waals surface area contributed by atoms with Gasteiger partial charge >= 0.3 is 0 Å². The van der Waals surface area contributed by atoms with Crippen molar-refractivity contribution in [2.45, 2.75) is 19.3 Å². The molecule has 0 radical (unpaired) electrons. The zero-order valence-corrected chi connectivity index (χ0v) is 17.0. The molecule has 1 fully saturated rings. The van der Waals surface area contributed by atoms with Crippen LogP contribution in [0.3, 0.4) is 0 Å². The monoisotopic (exact) mass is 407 g/mol. The predicted molar refractivity (Wildman–Crippen MR) is 114 cm³/mol. The Balaban J connectivity index is 1.32. The number of likely N-dealkylation sites (tertiary alicyclic amines) is 1. The zero-order chi connectivity index (χ0) is 20.9. The van der Waals surface area contributed by atoms with Crippen molar-refractivity contribution in [2.75, 3.05) is 32.1 Å². The van der Waals surface area contributed by atoms with Crippen molar-refractivity contribution in [3.8, 4) is 11.5 Å². The fourth-order valence-corrected chi connectivity index (χ4v) is 3.67. The van der Waals surface area contributed by atoms with E-state index in [1.165, 1.54) is 0 Å². The Kier molecular flexibility index (Phi) is 6.09. The van der Waals surface area contributed by atoms with Gasteiger partial charge in [-0.05, 0) is 49.2 Å². The van der Waals surface area contributed by atoms with Crippen molar-refractivity contribution >= 4 is 28.6 Å². The lowest BCUT2D eigenvalue weighted by atomic mass is 9.95. The van der Waals surface area contributed by atoms with Crippen LogP contribution in [-0.2, 0) is 14.3 Å². The van der Waals surface area contributed by atoms with Gasteiger partial charge in [0.05, 0.1) is 13.0 Å². The lowest BCUT2D eigenvalue weighted by molar-refractivity contribution is -0.135. The molecule has 0 spiro atoms. The summed E-state index contributed by atoms with van der Waals surface area (Å²) in [4.78, 5) is 31.0. The molecule has 0 aliphatic carbocycles. The van der Waals surface area contributed by atoms with Crippen molar-refractivity contribution in [3.63, 3.8) is 0 Å². The number of methoxy groups -OCH3 is 1. The molecule has 0 bridgehead atoms. The van der Waals surface area contributed by atoms with Crippen LogP contribution in [0.2, 0.25) is 0 Å². The summed E-state index contributed by atoms with van der Waals surface area (Å²) in [5, 5.41) is 2.98. The minimum atomic E-state index is -0.0896. The van der Waals surface area contributed by atoms with E-state index in [1.54, 1.807) is 7.11 Å². The summed E-state index contributed by atoms with van der Waals surface area (Å²) in [5.41, 5.74) is 3.15. The molecule has 1 aliphatic rings. The highest BCUT2D eigenvalue weighted by Crippen LogP contribution is 2.26. The van der Waals surface area contributed by atoms with Gasteiger partial charge in [-0.25, -0.2) is 4.98 Å². The maximum absolute atomic E-state index is 12.6. The average molecular weight is 407 g/mol. The number of nitrogens with zero attached hydrogens (tertiary/aromatic N) is 2. The number of nitrogens with one attached hydrogen (secondary N) is 1. The summed E-state index contributed by atoms with van der Waals surface area (Å²) in [7, 11) is 1.59. The number of piperidine rings is 1. The lowest BCUT2D eigenvalue weighted by Crippen LogP contribution is -2.41. The van der Waals surface area contributed by atoms with Crippen molar-refractivity contribution < 1.29 is 18.7 Å². The molecular weight excluding hydrogens is 382 g/mol. The van der Waals surface area contributed by atoms with Crippen LogP contribution < -0.4 is 5.32 Å². The first-order valence-electron chi connectivity index (χ1n) is 10.2. The number of rotatable bonds is 6. The molecule has 7 heteroatoms. The number of hydrogen-bond acceptors (Lipinski definition) is 5. The minimum Gasteiger partial charge on any atom is -0.436 e. The first-order valence-corrected chi connectivity index (χ1v) is 10.2. The standard InChI is InChI=1S/C23H25N3O4/c1-29-15-12-21(27)26-13-10-16(11-14-26)22(28)24-18-8-6-17(7-9-18)23-25-19-4-2-3-5-20(19)30-23/h2-9,16H,10-15H2,1H3,(H,24,28). The predicted octanol–water partition coefficient (Wildman–Crippen LogP) is 3.71. The van der Waals surface area contributed by atoms with Crippen molar-refractivity contribution in [1.29, 1.82) is 0 Å². The first-order chi connectivity index (χ1) is 14.6. The summed E-state index contributed by atoms with van der Waals surface area (Å²) in [6, 6.07) is 15.1. The Morgan fingerprint density at radius 3 is 2.57 bits per heavy atom. The van der Waals surface area contributed by atoms with E-state index in [9.17, 15) is 9.59 Å². The zero-order valence-electron chi connectivity index (χ0n) is 17.0. The van der Waals surface area contributed by atoms with Crippen LogP contribution in [0.5, 0.6) is 0 Å². The number of amides is 2. The van der Waals surface area contributed by atoms with E-state index < -0.39 is 0 Å². The van der Waals surface area contributed by atoms with Crippen LogP contribution in [0.1, 0.15) is 19.3 Å². The molecule has 156 valence electrons. The third-order valence-corrected chi connectivity index (χ3v) is 5.43. The molecule has 1 aliphatic heterocycles. The molecule has 1 N–H and O–H groups in total. The van der Waals surface area contributed by atoms with Crippen molar-refractivity contribution in [1.82, 2.24) is 9.88 Å². The third kappa shape index (κ3) is 4.52. The molecule has 2 amide bonds. The molecule has 30 heavy (non-hydrogen) atoms. The number of benzene rings is 2. The normalized spacial score (nSPS) is 14.8. The van der Waals surface area contributed by atoms with Crippen LogP contribution in [0.15, 0.2) is 52.9 Å². The Morgan fingerprint density at radius 1 is 1.13 bits per heavy atom. The van der Waals surface area contributed by atoms with Gasteiger partial charge in [0.25, 0.3) is 0 Å². The van der Waals surface area contributed by atoms with Crippen LogP contribution >= 0.6 is 0 Å². The topological polar surface area (TPSA) is 84.7 Å². The van der Waals surface area contributed by atoms with Crippen LogP contribution in [0.25, 0.3) is 22.6 Å². The maximum atomic E-state index is 12.6. The van der Waals surface area contributed by atoms with Crippen LogP contribution in [0, 0.1) is 5.92 Å². The average Bonchev–Trinajstić information content (AvgIpc) is 3.22. The van der Waals surface area contributed by atoms with Gasteiger partial charge in [0, 0.05) is 37.4 Å².